The molecule has 1 amide bonds. The summed E-state index contributed by atoms with van der Waals surface area (Å²) >= 11 is 0. The van der Waals surface area contributed by atoms with Crippen LogP contribution in [0.15, 0.2) is 0 Å². The highest BCUT2D eigenvalue weighted by atomic mass is 16.5. The van der Waals surface area contributed by atoms with Crippen LogP contribution < -0.4 is 5.32 Å². The van der Waals surface area contributed by atoms with Gasteiger partial charge in [0.05, 0.1) is 12.6 Å². The molecule has 0 aromatic carbocycles. The fraction of sp³-hybridized carbons (Fsp3) is 0.818. The number of rotatable bonds is 8. The molecule has 0 aromatic rings. The predicted molar refractivity (Wildman–Crippen MR) is 60.1 cm³/mol. The molecule has 0 rings (SSSR count). The summed E-state index contributed by atoms with van der Waals surface area (Å²) in [5.74, 6) is -0.689. The van der Waals surface area contributed by atoms with Crippen molar-refractivity contribution in [3.8, 4) is 0 Å². The predicted octanol–water partition coefficient (Wildman–Crippen LogP) is 1.03. The smallest absolute Gasteiger partial charge is 0.303 e. The highest BCUT2D eigenvalue weighted by Crippen LogP contribution is 2.03. The van der Waals surface area contributed by atoms with Crippen molar-refractivity contribution in [2.24, 2.45) is 5.92 Å². The van der Waals surface area contributed by atoms with Crippen molar-refractivity contribution in [3.05, 3.63) is 0 Å². The third-order valence-electron chi connectivity index (χ3n) is 2.29. The van der Waals surface area contributed by atoms with Gasteiger partial charge in [-0.05, 0) is 12.3 Å². The highest BCUT2D eigenvalue weighted by molar-refractivity contribution is 5.77. The standard InChI is InChI=1S/C11H21NO4/c1-8(2)9(7-16-3)12-10(13)5-4-6-11(14)15/h8-9H,4-7H2,1-3H3,(H,12,13)(H,14,15). The SMILES string of the molecule is COCC(NC(=O)CCCC(=O)O)C(C)C. The first kappa shape index (κ1) is 14.9. The second-order valence-corrected chi connectivity index (χ2v) is 4.12. The van der Waals surface area contributed by atoms with E-state index >= 15 is 0 Å². The zero-order chi connectivity index (χ0) is 12.6. The first-order valence-corrected chi connectivity index (χ1v) is 5.47. The van der Waals surface area contributed by atoms with Gasteiger partial charge in [0.2, 0.25) is 5.91 Å². The van der Waals surface area contributed by atoms with Gasteiger partial charge in [0.15, 0.2) is 0 Å². The van der Waals surface area contributed by atoms with Crippen LogP contribution in [0.3, 0.4) is 0 Å². The van der Waals surface area contributed by atoms with Gasteiger partial charge in [-0.1, -0.05) is 13.8 Å². The van der Waals surface area contributed by atoms with Crippen LogP contribution in [-0.2, 0) is 14.3 Å². The fourth-order valence-corrected chi connectivity index (χ4v) is 1.26. The second kappa shape index (κ2) is 8.10. The fourth-order valence-electron chi connectivity index (χ4n) is 1.26. The highest BCUT2D eigenvalue weighted by Gasteiger charge is 2.15. The molecular weight excluding hydrogens is 210 g/mol. The molecule has 0 saturated heterocycles. The molecule has 5 nitrogen and oxygen atoms in total. The van der Waals surface area contributed by atoms with E-state index in [2.05, 4.69) is 5.32 Å². The van der Waals surface area contributed by atoms with Crippen LogP contribution in [-0.4, -0.2) is 36.7 Å². The van der Waals surface area contributed by atoms with Gasteiger partial charge < -0.3 is 15.2 Å². The minimum absolute atomic E-state index is 0.0117. The Hall–Kier alpha value is -1.10. The molecule has 0 aliphatic rings. The Morgan fingerprint density at radius 3 is 2.38 bits per heavy atom. The molecule has 0 saturated carbocycles. The molecule has 0 heterocycles. The van der Waals surface area contributed by atoms with Crippen molar-refractivity contribution in [1.82, 2.24) is 5.32 Å². The largest absolute Gasteiger partial charge is 0.481 e. The molecule has 0 spiro atoms. The Labute approximate surface area is 96.2 Å². The number of carboxylic acid groups (broad SMARTS) is 1. The monoisotopic (exact) mass is 231 g/mol. The summed E-state index contributed by atoms with van der Waals surface area (Å²) in [7, 11) is 1.59. The molecule has 5 heteroatoms. The van der Waals surface area contributed by atoms with E-state index in [0.29, 0.717) is 18.9 Å². The van der Waals surface area contributed by atoms with Crippen molar-refractivity contribution in [2.75, 3.05) is 13.7 Å². The summed E-state index contributed by atoms with van der Waals surface area (Å²) in [6.07, 6.45) is 0.655. The molecule has 1 unspecified atom stereocenters. The molecule has 0 fully saturated rings. The summed E-state index contributed by atoms with van der Waals surface area (Å²) in [6.45, 7) is 4.48. The van der Waals surface area contributed by atoms with Crippen molar-refractivity contribution >= 4 is 11.9 Å². The molecule has 0 radical (unpaired) electrons. The van der Waals surface area contributed by atoms with E-state index in [-0.39, 0.29) is 24.8 Å². The number of carboxylic acids is 1. The number of amides is 1. The van der Waals surface area contributed by atoms with Crippen LogP contribution in [0.1, 0.15) is 33.1 Å². The lowest BCUT2D eigenvalue weighted by Crippen LogP contribution is -2.41. The van der Waals surface area contributed by atoms with Gasteiger partial charge in [0.1, 0.15) is 0 Å². The third kappa shape index (κ3) is 7.23. The maximum absolute atomic E-state index is 11.5. The number of carbonyl (C=O) groups excluding carboxylic acids is 1. The normalized spacial score (nSPS) is 12.5. The van der Waals surface area contributed by atoms with Crippen LogP contribution in [0.4, 0.5) is 0 Å². The molecule has 0 bridgehead atoms. The Balaban J connectivity index is 3.86. The molecular formula is C11H21NO4. The van der Waals surface area contributed by atoms with Crippen molar-refractivity contribution < 1.29 is 19.4 Å². The van der Waals surface area contributed by atoms with E-state index in [4.69, 9.17) is 9.84 Å². The Bertz CT molecular complexity index is 228. The number of aliphatic carboxylic acids is 1. The van der Waals surface area contributed by atoms with E-state index < -0.39 is 5.97 Å². The number of hydrogen-bond donors (Lipinski definition) is 2. The number of ether oxygens (including phenoxy) is 1. The van der Waals surface area contributed by atoms with Crippen LogP contribution in [0.25, 0.3) is 0 Å². The minimum Gasteiger partial charge on any atom is -0.481 e. The summed E-state index contributed by atoms with van der Waals surface area (Å²) in [4.78, 5) is 21.7. The summed E-state index contributed by atoms with van der Waals surface area (Å²) in [5, 5.41) is 11.3. The molecule has 94 valence electrons. The van der Waals surface area contributed by atoms with Crippen LogP contribution in [0, 0.1) is 5.92 Å². The van der Waals surface area contributed by atoms with Gasteiger partial charge in [-0.25, -0.2) is 0 Å². The molecule has 0 aliphatic carbocycles. The van der Waals surface area contributed by atoms with Gasteiger partial charge in [-0.2, -0.15) is 0 Å². The van der Waals surface area contributed by atoms with Gasteiger partial charge in [-0.3, -0.25) is 9.59 Å². The van der Waals surface area contributed by atoms with Gasteiger partial charge in [0, 0.05) is 20.0 Å². The maximum atomic E-state index is 11.5. The van der Waals surface area contributed by atoms with Crippen molar-refractivity contribution in [1.29, 1.82) is 0 Å². The second-order valence-electron chi connectivity index (χ2n) is 4.12. The third-order valence-corrected chi connectivity index (χ3v) is 2.29. The quantitative estimate of drug-likeness (QED) is 0.654. The van der Waals surface area contributed by atoms with Crippen molar-refractivity contribution in [3.63, 3.8) is 0 Å². The molecule has 16 heavy (non-hydrogen) atoms. The van der Waals surface area contributed by atoms with Crippen LogP contribution >= 0.6 is 0 Å². The van der Waals surface area contributed by atoms with E-state index in [9.17, 15) is 9.59 Å². The van der Waals surface area contributed by atoms with E-state index in [1.54, 1.807) is 7.11 Å². The average molecular weight is 231 g/mol. The zero-order valence-corrected chi connectivity index (χ0v) is 10.2. The van der Waals surface area contributed by atoms with E-state index in [1.807, 2.05) is 13.8 Å². The summed E-state index contributed by atoms with van der Waals surface area (Å²) < 4.78 is 5.00. The summed E-state index contributed by atoms with van der Waals surface area (Å²) in [6, 6.07) is -0.0117. The number of carbonyl (C=O) groups is 2. The maximum Gasteiger partial charge on any atom is 0.303 e. The topological polar surface area (TPSA) is 75.6 Å². The number of methoxy groups -OCH3 is 1. The molecule has 0 aromatic heterocycles. The molecule has 1 atom stereocenters. The lowest BCUT2D eigenvalue weighted by molar-refractivity contribution is -0.137. The van der Waals surface area contributed by atoms with Gasteiger partial charge >= 0.3 is 5.97 Å². The Morgan fingerprint density at radius 2 is 1.94 bits per heavy atom. The van der Waals surface area contributed by atoms with Crippen molar-refractivity contribution in [2.45, 2.75) is 39.2 Å². The first-order valence-electron chi connectivity index (χ1n) is 5.47. The molecule has 2 N–H and O–H groups in total. The van der Waals surface area contributed by atoms with E-state index in [1.165, 1.54) is 0 Å². The summed E-state index contributed by atoms with van der Waals surface area (Å²) in [5.41, 5.74) is 0. The first-order chi connectivity index (χ1) is 7.47. The lowest BCUT2D eigenvalue weighted by atomic mass is 10.1. The minimum atomic E-state index is -0.870. The van der Waals surface area contributed by atoms with Gasteiger partial charge in [0.25, 0.3) is 0 Å². The van der Waals surface area contributed by atoms with Crippen LogP contribution in [0.2, 0.25) is 0 Å². The Morgan fingerprint density at radius 1 is 1.31 bits per heavy atom. The van der Waals surface area contributed by atoms with E-state index in [0.717, 1.165) is 0 Å². The molecule has 0 aliphatic heterocycles. The lowest BCUT2D eigenvalue weighted by Gasteiger charge is -2.21. The zero-order valence-electron chi connectivity index (χ0n) is 10.2. The number of hydrogen-bond acceptors (Lipinski definition) is 3. The average Bonchev–Trinajstić information content (AvgIpc) is 2.16. The number of nitrogens with one attached hydrogen (secondary N) is 1. The van der Waals surface area contributed by atoms with Gasteiger partial charge in [-0.15, -0.1) is 0 Å². The Kier molecular flexibility index (Phi) is 7.54. The van der Waals surface area contributed by atoms with Crippen LogP contribution in [0.5, 0.6) is 0 Å².